The molecule has 41 heavy (non-hydrogen) atoms. The van der Waals surface area contributed by atoms with Crippen LogP contribution in [0.15, 0.2) is 12.2 Å². The van der Waals surface area contributed by atoms with E-state index in [9.17, 15) is 19.2 Å². The molecule has 0 rings (SSSR count). The summed E-state index contributed by atoms with van der Waals surface area (Å²) in [7, 11) is 1.20. The summed E-state index contributed by atoms with van der Waals surface area (Å²) in [6.07, 6.45) is 8.26. The Hall–Kier alpha value is -2.28. The Morgan fingerprint density at radius 1 is 0.683 bits per heavy atom. The summed E-state index contributed by atoms with van der Waals surface area (Å²) in [4.78, 5) is 46.6. The number of ether oxygens (including phenoxy) is 4. The highest BCUT2D eigenvalue weighted by atomic mass is 28.4. The van der Waals surface area contributed by atoms with E-state index in [0.29, 0.717) is 57.6 Å². The second-order valence-corrected chi connectivity index (χ2v) is 13.7. The lowest BCUT2D eigenvalue weighted by Gasteiger charge is -2.22. The van der Waals surface area contributed by atoms with Crippen molar-refractivity contribution in [3.8, 4) is 0 Å². The van der Waals surface area contributed by atoms with Crippen LogP contribution in [0.5, 0.6) is 0 Å². The molecule has 238 valence electrons. The fraction of sp³-hybridized carbons (Fsp3) is 0.793. The van der Waals surface area contributed by atoms with Gasteiger partial charge in [-0.1, -0.05) is 13.0 Å². The van der Waals surface area contributed by atoms with Gasteiger partial charge in [-0.2, -0.15) is 0 Å². The molecular weight excluding hydrogens is 550 g/mol. The first-order valence-corrected chi connectivity index (χ1v) is 17.2. The molecule has 0 aromatic rings. The molecule has 0 atom stereocenters. The van der Waals surface area contributed by atoms with Crippen molar-refractivity contribution in [3.63, 3.8) is 0 Å². The predicted octanol–water partition coefficient (Wildman–Crippen LogP) is 5.01. The van der Waals surface area contributed by atoms with Gasteiger partial charge in [0.05, 0.1) is 6.61 Å². The lowest BCUT2D eigenvalue weighted by Crippen LogP contribution is -2.37. The van der Waals surface area contributed by atoms with Gasteiger partial charge in [0.2, 0.25) is 0 Å². The summed E-state index contributed by atoms with van der Waals surface area (Å²) in [5.74, 6) is -0.542. The molecule has 0 aromatic heterocycles. The lowest BCUT2D eigenvalue weighted by atomic mass is 10.1. The Balaban J connectivity index is 3.45. The number of unbranched alkanes of at least 4 members (excludes halogenated alkanes) is 5. The van der Waals surface area contributed by atoms with Crippen LogP contribution in [-0.2, 0) is 42.2 Å². The van der Waals surface area contributed by atoms with Gasteiger partial charge in [0, 0.05) is 58.8 Å². The number of rotatable bonds is 27. The molecule has 0 aliphatic rings. The maximum Gasteiger partial charge on any atom is 0.407 e. The molecule has 0 bridgehead atoms. The molecule has 0 heterocycles. The number of hydrogen-bond acceptors (Lipinski definition) is 10. The molecular formula is C29H53NO10Si. The van der Waals surface area contributed by atoms with Crippen molar-refractivity contribution in [3.05, 3.63) is 12.2 Å². The Kier molecular flexibility index (Phi) is 24.0. The summed E-state index contributed by atoms with van der Waals surface area (Å²) in [5, 5.41) is 2.73. The Morgan fingerprint density at radius 2 is 1.24 bits per heavy atom. The third-order valence-corrected chi connectivity index (χ3v) is 9.35. The van der Waals surface area contributed by atoms with Crippen LogP contribution in [0.1, 0.15) is 84.0 Å². The largest absolute Gasteiger partial charge is 0.462 e. The lowest BCUT2D eigenvalue weighted by molar-refractivity contribution is -0.150. The number of hydrogen-bond donors (Lipinski definition) is 1. The van der Waals surface area contributed by atoms with E-state index in [1.54, 1.807) is 21.1 Å². The van der Waals surface area contributed by atoms with Gasteiger partial charge < -0.3 is 33.1 Å². The predicted molar refractivity (Wildman–Crippen MR) is 158 cm³/mol. The number of carbonyl (C=O) groups is 4. The first kappa shape index (κ1) is 38.7. The van der Waals surface area contributed by atoms with Crippen LogP contribution in [0, 0.1) is 0 Å². The van der Waals surface area contributed by atoms with E-state index in [0.717, 1.165) is 57.4 Å². The van der Waals surface area contributed by atoms with Crippen LogP contribution in [-0.4, -0.2) is 86.2 Å². The molecule has 0 spiro atoms. The average molecular weight is 604 g/mol. The maximum absolute atomic E-state index is 12.0. The molecule has 0 fully saturated rings. The molecule has 1 amide bonds. The smallest absolute Gasteiger partial charge is 0.407 e. The standard InChI is InChI=1S/C29H53NO10Si/c1-25(2)28(33)39-23-22-38-27(32)17-9-7-11-19-37-20-13-10-16-26(31)15-8-6-12-21-40-29(34)30-18-14-24-41(5,35-3)36-4/h1,6-24H2,2-5H3,(H,30,34). The fourth-order valence-corrected chi connectivity index (χ4v) is 4.99. The second-order valence-electron chi connectivity index (χ2n) is 10.1. The Labute approximate surface area is 247 Å². The molecule has 1 N–H and O–H groups in total. The zero-order valence-electron chi connectivity index (χ0n) is 25.7. The van der Waals surface area contributed by atoms with E-state index in [-0.39, 0.29) is 25.0 Å². The molecule has 12 heteroatoms. The Bertz CT molecular complexity index is 758. The van der Waals surface area contributed by atoms with Crippen LogP contribution in [0.25, 0.3) is 0 Å². The number of nitrogens with one attached hydrogen (secondary N) is 1. The van der Waals surface area contributed by atoms with Crippen molar-refractivity contribution >= 4 is 32.4 Å². The summed E-state index contributed by atoms with van der Waals surface area (Å²) in [6.45, 7) is 9.21. The van der Waals surface area contributed by atoms with Crippen molar-refractivity contribution in [1.29, 1.82) is 0 Å². The number of ketones is 1. The molecule has 0 saturated carbocycles. The second kappa shape index (κ2) is 25.4. The quantitative estimate of drug-likeness (QED) is 0.0449. The van der Waals surface area contributed by atoms with Crippen LogP contribution < -0.4 is 5.32 Å². The molecule has 0 saturated heterocycles. The van der Waals surface area contributed by atoms with E-state index < -0.39 is 20.6 Å². The van der Waals surface area contributed by atoms with Crippen LogP contribution in [0.4, 0.5) is 4.79 Å². The molecule has 0 radical (unpaired) electrons. The molecule has 0 aliphatic carbocycles. The summed E-state index contributed by atoms with van der Waals surface area (Å²) in [5.41, 5.74) is 0.309. The highest BCUT2D eigenvalue weighted by Crippen LogP contribution is 2.13. The zero-order valence-corrected chi connectivity index (χ0v) is 26.7. The van der Waals surface area contributed by atoms with Crippen molar-refractivity contribution in [2.45, 2.75) is 96.6 Å². The van der Waals surface area contributed by atoms with Gasteiger partial charge >= 0.3 is 26.6 Å². The van der Waals surface area contributed by atoms with Crippen LogP contribution >= 0.6 is 0 Å². The molecule has 0 aliphatic heterocycles. The highest BCUT2D eigenvalue weighted by molar-refractivity contribution is 6.65. The number of Topliss-reactive ketones (excluding diaryl/α,β-unsaturated/α-hetero) is 1. The van der Waals surface area contributed by atoms with Crippen molar-refractivity contribution in [2.24, 2.45) is 0 Å². The van der Waals surface area contributed by atoms with E-state index in [1.165, 1.54) is 0 Å². The molecule has 0 unspecified atom stereocenters. The average Bonchev–Trinajstić information content (AvgIpc) is 2.95. The third kappa shape index (κ3) is 24.1. The minimum absolute atomic E-state index is 0.0295. The van der Waals surface area contributed by atoms with Crippen molar-refractivity contribution in [1.82, 2.24) is 5.32 Å². The van der Waals surface area contributed by atoms with Crippen LogP contribution in [0.2, 0.25) is 12.6 Å². The minimum Gasteiger partial charge on any atom is -0.462 e. The van der Waals surface area contributed by atoms with Gasteiger partial charge in [-0.25, -0.2) is 9.59 Å². The van der Waals surface area contributed by atoms with Crippen molar-refractivity contribution in [2.75, 3.05) is 53.8 Å². The number of amides is 1. The van der Waals surface area contributed by atoms with Gasteiger partial charge in [-0.3, -0.25) is 9.59 Å². The normalized spacial score (nSPS) is 11.1. The molecule has 11 nitrogen and oxygen atoms in total. The molecule has 0 aromatic carbocycles. The zero-order chi connectivity index (χ0) is 30.8. The van der Waals surface area contributed by atoms with Gasteiger partial charge in [0.15, 0.2) is 0 Å². The summed E-state index contributed by atoms with van der Waals surface area (Å²) < 4.78 is 31.5. The van der Waals surface area contributed by atoms with Gasteiger partial charge in [0.25, 0.3) is 0 Å². The van der Waals surface area contributed by atoms with E-state index in [1.807, 2.05) is 6.55 Å². The third-order valence-electron chi connectivity index (χ3n) is 6.37. The van der Waals surface area contributed by atoms with Gasteiger partial charge in [0.1, 0.15) is 19.0 Å². The van der Waals surface area contributed by atoms with Gasteiger partial charge in [-0.05, 0) is 70.9 Å². The number of alkyl carbamates (subject to hydrolysis) is 1. The van der Waals surface area contributed by atoms with Gasteiger partial charge in [-0.15, -0.1) is 0 Å². The monoisotopic (exact) mass is 603 g/mol. The van der Waals surface area contributed by atoms with E-state index in [2.05, 4.69) is 11.9 Å². The Morgan fingerprint density at radius 3 is 1.88 bits per heavy atom. The topological polar surface area (TPSA) is 136 Å². The first-order valence-electron chi connectivity index (χ1n) is 14.7. The minimum atomic E-state index is -2.10. The summed E-state index contributed by atoms with van der Waals surface area (Å²) >= 11 is 0. The highest BCUT2D eigenvalue weighted by Gasteiger charge is 2.27. The summed E-state index contributed by atoms with van der Waals surface area (Å²) in [6, 6.07) is 0.796. The van der Waals surface area contributed by atoms with Crippen LogP contribution in [0.3, 0.4) is 0 Å². The van der Waals surface area contributed by atoms with E-state index in [4.69, 9.17) is 27.8 Å². The SMILES string of the molecule is C=C(C)C(=O)OCCOC(=O)CCCCCOCCCCC(=O)CCCCCOC(=O)NCCC[Si](C)(OC)OC. The van der Waals surface area contributed by atoms with E-state index >= 15 is 0 Å². The number of esters is 2. The fourth-order valence-electron chi connectivity index (χ4n) is 3.59. The first-order chi connectivity index (χ1) is 19.6. The maximum atomic E-state index is 12.0. The number of carbonyl (C=O) groups excluding carboxylic acids is 4. The van der Waals surface area contributed by atoms with Crippen molar-refractivity contribution < 1.29 is 47.0 Å².